The highest BCUT2D eigenvalue weighted by Crippen LogP contribution is 2.19. The van der Waals surface area contributed by atoms with Crippen molar-refractivity contribution in [1.29, 1.82) is 5.26 Å². The number of nitrogen functional groups attached to an aromatic ring is 1. The van der Waals surface area contributed by atoms with Gasteiger partial charge in [0.2, 0.25) is 0 Å². The molecule has 96 valence electrons. The Hall–Kier alpha value is -2.74. The molecule has 0 unspecified atom stereocenters. The molecule has 2 rings (SSSR count). The molecule has 0 aliphatic heterocycles. The molecule has 0 atom stereocenters. The van der Waals surface area contributed by atoms with E-state index in [-0.39, 0.29) is 0 Å². The van der Waals surface area contributed by atoms with Crippen molar-refractivity contribution in [2.45, 2.75) is 0 Å². The first kappa shape index (κ1) is 12.7. The average molecular weight is 254 g/mol. The Morgan fingerprint density at radius 1 is 1.32 bits per heavy atom. The SMILES string of the molecule is N#Cc1cc(NCCOc2ccccc2N)ccn1. The summed E-state index contributed by atoms with van der Waals surface area (Å²) in [5, 5.41) is 11.9. The van der Waals surface area contributed by atoms with Crippen LogP contribution in [0.4, 0.5) is 11.4 Å². The van der Waals surface area contributed by atoms with Crippen LogP contribution in [-0.2, 0) is 0 Å². The number of hydrogen-bond donors (Lipinski definition) is 2. The van der Waals surface area contributed by atoms with Gasteiger partial charge in [-0.2, -0.15) is 5.26 Å². The molecule has 0 spiro atoms. The summed E-state index contributed by atoms with van der Waals surface area (Å²) in [4.78, 5) is 3.90. The van der Waals surface area contributed by atoms with Crippen molar-refractivity contribution in [3.05, 3.63) is 48.3 Å². The predicted molar refractivity (Wildman–Crippen MR) is 73.8 cm³/mol. The third-order valence-electron chi connectivity index (χ3n) is 2.48. The van der Waals surface area contributed by atoms with Gasteiger partial charge in [-0.3, -0.25) is 0 Å². The van der Waals surface area contributed by atoms with Gasteiger partial charge in [0.1, 0.15) is 24.1 Å². The summed E-state index contributed by atoms with van der Waals surface area (Å²) in [6.45, 7) is 1.10. The quantitative estimate of drug-likeness (QED) is 0.630. The van der Waals surface area contributed by atoms with E-state index in [2.05, 4.69) is 10.3 Å². The Balaban J connectivity index is 1.81. The van der Waals surface area contributed by atoms with Gasteiger partial charge in [-0.15, -0.1) is 0 Å². The lowest BCUT2D eigenvalue weighted by Crippen LogP contribution is -2.12. The molecule has 1 aromatic carbocycles. The van der Waals surface area contributed by atoms with Crippen LogP contribution < -0.4 is 15.8 Å². The predicted octanol–water partition coefficient (Wildman–Crippen LogP) is 2.03. The molecule has 0 saturated heterocycles. The van der Waals surface area contributed by atoms with Crippen LogP contribution in [0.15, 0.2) is 42.6 Å². The van der Waals surface area contributed by atoms with Crippen molar-refractivity contribution in [3.63, 3.8) is 0 Å². The molecule has 3 N–H and O–H groups in total. The van der Waals surface area contributed by atoms with E-state index in [1.54, 1.807) is 24.4 Å². The van der Waals surface area contributed by atoms with Crippen molar-refractivity contribution in [1.82, 2.24) is 4.98 Å². The summed E-state index contributed by atoms with van der Waals surface area (Å²) in [6.07, 6.45) is 1.59. The van der Waals surface area contributed by atoms with E-state index in [1.165, 1.54) is 0 Å². The first-order valence-electron chi connectivity index (χ1n) is 5.87. The molecule has 0 aliphatic carbocycles. The summed E-state index contributed by atoms with van der Waals surface area (Å²) in [5.41, 5.74) is 7.62. The fourth-order valence-corrected chi connectivity index (χ4v) is 1.57. The Morgan fingerprint density at radius 3 is 2.95 bits per heavy atom. The number of nitriles is 1. The second-order valence-electron chi connectivity index (χ2n) is 3.85. The number of rotatable bonds is 5. The minimum absolute atomic E-state index is 0.387. The van der Waals surface area contributed by atoms with Crippen LogP contribution in [0.5, 0.6) is 5.75 Å². The normalized spacial score (nSPS) is 9.63. The van der Waals surface area contributed by atoms with Crippen LogP contribution in [-0.4, -0.2) is 18.1 Å². The molecule has 0 radical (unpaired) electrons. The molecule has 0 fully saturated rings. The fourth-order valence-electron chi connectivity index (χ4n) is 1.57. The summed E-state index contributed by atoms with van der Waals surface area (Å²) < 4.78 is 5.55. The Bertz CT molecular complexity index is 592. The maximum Gasteiger partial charge on any atom is 0.142 e. The van der Waals surface area contributed by atoms with Gasteiger partial charge in [0, 0.05) is 18.4 Å². The first-order chi connectivity index (χ1) is 9.29. The third-order valence-corrected chi connectivity index (χ3v) is 2.48. The lowest BCUT2D eigenvalue weighted by molar-refractivity contribution is 0.334. The summed E-state index contributed by atoms with van der Waals surface area (Å²) in [5.74, 6) is 0.678. The van der Waals surface area contributed by atoms with Gasteiger partial charge in [0.25, 0.3) is 0 Å². The van der Waals surface area contributed by atoms with Gasteiger partial charge in [0.15, 0.2) is 0 Å². The maximum atomic E-state index is 8.73. The Labute approximate surface area is 111 Å². The molecule has 0 amide bonds. The summed E-state index contributed by atoms with van der Waals surface area (Å²) in [6, 6.07) is 12.9. The zero-order valence-corrected chi connectivity index (χ0v) is 10.3. The lowest BCUT2D eigenvalue weighted by Gasteiger charge is -2.10. The lowest BCUT2D eigenvalue weighted by atomic mass is 10.3. The number of nitrogens with zero attached hydrogens (tertiary/aromatic N) is 2. The van der Waals surface area contributed by atoms with E-state index in [0.29, 0.717) is 30.3 Å². The maximum absolute atomic E-state index is 8.73. The van der Waals surface area contributed by atoms with Crippen molar-refractivity contribution >= 4 is 11.4 Å². The van der Waals surface area contributed by atoms with Gasteiger partial charge >= 0.3 is 0 Å². The van der Waals surface area contributed by atoms with Crippen molar-refractivity contribution in [3.8, 4) is 11.8 Å². The Kier molecular flexibility index (Phi) is 4.19. The topological polar surface area (TPSA) is 84.0 Å². The van der Waals surface area contributed by atoms with E-state index in [1.807, 2.05) is 24.3 Å². The first-order valence-corrected chi connectivity index (χ1v) is 5.87. The second-order valence-corrected chi connectivity index (χ2v) is 3.85. The molecule has 1 heterocycles. The molecule has 5 heteroatoms. The second kappa shape index (κ2) is 6.26. The number of anilines is 2. The highest BCUT2D eigenvalue weighted by molar-refractivity contribution is 5.51. The van der Waals surface area contributed by atoms with E-state index in [4.69, 9.17) is 15.7 Å². The molecule has 19 heavy (non-hydrogen) atoms. The van der Waals surface area contributed by atoms with Gasteiger partial charge in [0.05, 0.1) is 5.69 Å². The summed E-state index contributed by atoms with van der Waals surface area (Å²) >= 11 is 0. The van der Waals surface area contributed by atoms with Crippen molar-refractivity contribution in [2.75, 3.05) is 24.2 Å². The van der Waals surface area contributed by atoms with Gasteiger partial charge < -0.3 is 15.8 Å². The molecule has 0 bridgehead atoms. The highest BCUT2D eigenvalue weighted by Gasteiger charge is 1.99. The monoisotopic (exact) mass is 254 g/mol. The average Bonchev–Trinajstić information content (AvgIpc) is 2.45. The zero-order valence-electron chi connectivity index (χ0n) is 10.3. The van der Waals surface area contributed by atoms with Gasteiger partial charge in [-0.05, 0) is 24.3 Å². The van der Waals surface area contributed by atoms with Crippen LogP contribution in [0, 0.1) is 11.3 Å². The standard InChI is InChI=1S/C14H14N4O/c15-10-12-9-11(5-6-17-12)18-7-8-19-14-4-2-1-3-13(14)16/h1-6,9H,7-8,16H2,(H,17,18). The van der Waals surface area contributed by atoms with E-state index >= 15 is 0 Å². The largest absolute Gasteiger partial charge is 0.490 e. The number of hydrogen-bond acceptors (Lipinski definition) is 5. The number of nitrogens with two attached hydrogens (primary N) is 1. The minimum Gasteiger partial charge on any atom is -0.490 e. The number of para-hydroxylation sites is 2. The highest BCUT2D eigenvalue weighted by atomic mass is 16.5. The third kappa shape index (κ3) is 3.61. The van der Waals surface area contributed by atoms with Crippen LogP contribution in [0.1, 0.15) is 5.69 Å². The van der Waals surface area contributed by atoms with Gasteiger partial charge in [-0.1, -0.05) is 12.1 Å². The number of nitrogens with one attached hydrogen (secondary N) is 1. The number of pyridine rings is 1. The van der Waals surface area contributed by atoms with Crippen LogP contribution in [0.25, 0.3) is 0 Å². The van der Waals surface area contributed by atoms with Crippen LogP contribution in [0.3, 0.4) is 0 Å². The Morgan fingerprint density at radius 2 is 2.16 bits per heavy atom. The van der Waals surface area contributed by atoms with Crippen molar-refractivity contribution < 1.29 is 4.74 Å². The molecule has 0 saturated carbocycles. The molecule has 0 aliphatic rings. The van der Waals surface area contributed by atoms with Crippen LogP contribution >= 0.6 is 0 Å². The fraction of sp³-hybridized carbons (Fsp3) is 0.143. The molecular weight excluding hydrogens is 240 g/mol. The molecule has 5 nitrogen and oxygen atoms in total. The number of benzene rings is 1. The molecule has 1 aromatic heterocycles. The van der Waals surface area contributed by atoms with Crippen molar-refractivity contribution in [2.24, 2.45) is 0 Å². The molecular formula is C14H14N4O. The minimum atomic E-state index is 0.387. The summed E-state index contributed by atoms with van der Waals surface area (Å²) in [7, 11) is 0. The van der Waals surface area contributed by atoms with Gasteiger partial charge in [-0.25, -0.2) is 4.98 Å². The van der Waals surface area contributed by atoms with E-state index in [9.17, 15) is 0 Å². The van der Waals surface area contributed by atoms with E-state index in [0.717, 1.165) is 5.69 Å². The number of ether oxygens (including phenoxy) is 1. The number of aromatic nitrogens is 1. The van der Waals surface area contributed by atoms with E-state index < -0.39 is 0 Å². The van der Waals surface area contributed by atoms with Crippen LogP contribution in [0.2, 0.25) is 0 Å². The molecule has 2 aromatic rings. The zero-order chi connectivity index (χ0) is 13.5. The smallest absolute Gasteiger partial charge is 0.142 e.